The number of hydrogen-bond donors (Lipinski definition) is 0. The molecule has 1 aromatic carbocycles. The maximum Gasteiger partial charge on any atom is 0.123 e. The highest BCUT2D eigenvalue weighted by molar-refractivity contribution is 5.48. The summed E-state index contributed by atoms with van der Waals surface area (Å²) in [7, 11) is 0. The molecule has 0 spiro atoms. The van der Waals surface area contributed by atoms with Gasteiger partial charge < -0.3 is 9.47 Å². The zero-order chi connectivity index (χ0) is 22.2. The third kappa shape index (κ3) is 5.84. The van der Waals surface area contributed by atoms with Crippen molar-refractivity contribution in [2.24, 2.45) is 17.8 Å². The van der Waals surface area contributed by atoms with Crippen LogP contribution in [0.15, 0.2) is 18.2 Å². The number of benzene rings is 1. The van der Waals surface area contributed by atoms with Crippen LogP contribution < -0.4 is 4.74 Å². The van der Waals surface area contributed by atoms with Crippen molar-refractivity contribution in [3.05, 3.63) is 29.3 Å². The lowest BCUT2D eigenvalue weighted by molar-refractivity contribution is -0.00641. The summed E-state index contributed by atoms with van der Waals surface area (Å²) in [4.78, 5) is 0. The van der Waals surface area contributed by atoms with Crippen LogP contribution in [-0.2, 0) is 10.2 Å². The Bertz CT molecular complexity index is 748. The minimum absolute atomic E-state index is 0.326. The Kier molecular flexibility index (Phi) is 8.45. The van der Waals surface area contributed by atoms with Crippen molar-refractivity contribution >= 4 is 0 Å². The number of ether oxygens (including phenoxy) is 2. The molecule has 4 fully saturated rings. The maximum atomic E-state index is 6.43. The third-order valence-corrected chi connectivity index (χ3v) is 8.21. The lowest BCUT2D eigenvalue weighted by atomic mass is 9.48. The summed E-state index contributed by atoms with van der Waals surface area (Å²) in [6.45, 7) is 6.08. The molecule has 0 aliphatic heterocycles. The van der Waals surface area contributed by atoms with Crippen LogP contribution in [0.3, 0.4) is 0 Å². The zero-order valence-corrected chi connectivity index (χ0v) is 20.6. The molecule has 0 aromatic heterocycles. The first-order chi connectivity index (χ1) is 15.7. The highest BCUT2D eigenvalue weighted by Gasteiger charge is 2.52. The van der Waals surface area contributed by atoms with Gasteiger partial charge in [-0.3, -0.25) is 0 Å². The van der Waals surface area contributed by atoms with Gasteiger partial charge in [-0.05, 0) is 98.7 Å². The molecular weight excluding hydrogens is 392 g/mol. The molecule has 0 atom stereocenters. The van der Waals surface area contributed by atoms with E-state index in [1.165, 1.54) is 82.6 Å². The molecule has 5 rings (SSSR count). The SMILES string of the molecule is CCCCCCOC#Cc1ccc(OCCCCCC)c(C23CC4CC(CC(C4)C2)C3)c1. The van der Waals surface area contributed by atoms with Crippen molar-refractivity contribution in [1.82, 2.24) is 0 Å². The molecule has 4 aliphatic rings. The van der Waals surface area contributed by atoms with Crippen LogP contribution in [0.25, 0.3) is 0 Å². The van der Waals surface area contributed by atoms with E-state index in [4.69, 9.17) is 9.47 Å². The summed E-state index contributed by atoms with van der Waals surface area (Å²) in [5.74, 6) is 7.22. The Balaban J connectivity index is 1.47. The molecule has 0 unspecified atom stereocenters. The van der Waals surface area contributed by atoms with Crippen LogP contribution in [0, 0.1) is 29.8 Å². The quantitative estimate of drug-likeness (QED) is 0.244. The lowest BCUT2D eigenvalue weighted by Gasteiger charge is -2.57. The molecule has 32 heavy (non-hydrogen) atoms. The number of hydrogen-bond acceptors (Lipinski definition) is 2. The zero-order valence-electron chi connectivity index (χ0n) is 20.6. The number of unbranched alkanes of at least 4 members (excludes halogenated alkanes) is 6. The van der Waals surface area contributed by atoms with E-state index in [0.29, 0.717) is 5.41 Å². The van der Waals surface area contributed by atoms with Gasteiger partial charge in [0.1, 0.15) is 18.5 Å². The molecule has 4 saturated carbocycles. The van der Waals surface area contributed by atoms with Crippen molar-refractivity contribution < 1.29 is 9.47 Å². The monoisotopic (exact) mass is 436 g/mol. The Morgan fingerprint density at radius 1 is 0.812 bits per heavy atom. The minimum Gasteiger partial charge on any atom is -0.493 e. The first-order valence-corrected chi connectivity index (χ1v) is 13.6. The fraction of sp³-hybridized carbons (Fsp3) is 0.733. The lowest BCUT2D eigenvalue weighted by Crippen LogP contribution is -2.48. The van der Waals surface area contributed by atoms with Crippen molar-refractivity contribution in [3.63, 3.8) is 0 Å². The van der Waals surface area contributed by atoms with Gasteiger partial charge in [-0.15, -0.1) is 0 Å². The summed E-state index contributed by atoms with van der Waals surface area (Å²) in [6.07, 6.45) is 21.3. The van der Waals surface area contributed by atoms with Crippen LogP contribution in [-0.4, -0.2) is 13.2 Å². The van der Waals surface area contributed by atoms with Crippen LogP contribution in [0.4, 0.5) is 0 Å². The minimum atomic E-state index is 0.326. The largest absolute Gasteiger partial charge is 0.493 e. The molecule has 2 heteroatoms. The van der Waals surface area contributed by atoms with Crippen LogP contribution in [0.5, 0.6) is 5.75 Å². The van der Waals surface area contributed by atoms with Crippen molar-refractivity contribution in [2.75, 3.05) is 13.2 Å². The first kappa shape index (κ1) is 23.5. The topological polar surface area (TPSA) is 18.5 Å². The summed E-state index contributed by atoms with van der Waals surface area (Å²) in [6, 6.07) is 6.71. The molecule has 0 heterocycles. The van der Waals surface area contributed by atoms with Gasteiger partial charge in [0.05, 0.1) is 6.61 Å². The highest BCUT2D eigenvalue weighted by Crippen LogP contribution is 2.61. The predicted molar refractivity (Wildman–Crippen MR) is 133 cm³/mol. The van der Waals surface area contributed by atoms with Gasteiger partial charge in [0, 0.05) is 11.1 Å². The van der Waals surface area contributed by atoms with E-state index < -0.39 is 0 Å². The summed E-state index contributed by atoms with van der Waals surface area (Å²) in [5.41, 5.74) is 2.87. The third-order valence-electron chi connectivity index (χ3n) is 8.21. The second kappa shape index (κ2) is 11.5. The molecule has 4 aliphatic carbocycles. The predicted octanol–water partition coefficient (Wildman–Crippen LogP) is 8.02. The molecule has 0 amide bonds. The summed E-state index contributed by atoms with van der Waals surface area (Å²) < 4.78 is 12.0. The average molecular weight is 437 g/mol. The van der Waals surface area contributed by atoms with Crippen LogP contribution >= 0.6 is 0 Å². The van der Waals surface area contributed by atoms with Crippen LogP contribution in [0.2, 0.25) is 0 Å². The van der Waals surface area contributed by atoms with E-state index in [2.05, 4.69) is 44.1 Å². The van der Waals surface area contributed by atoms with Gasteiger partial charge in [-0.1, -0.05) is 52.4 Å². The molecule has 0 N–H and O–H groups in total. The average Bonchev–Trinajstić information content (AvgIpc) is 2.78. The molecule has 1 aromatic rings. The standard InChI is InChI=1S/C30H44O2/c1-3-5-7-9-14-31-16-13-24-11-12-29(32-15-10-8-6-4-2)28(20-24)30-21-25-17-26(22-30)19-27(18-25)23-30/h11-12,20,25-27H,3-10,14-15,17-19,21-23H2,1-2H3. The van der Waals surface area contributed by atoms with Crippen LogP contribution in [0.1, 0.15) is 115 Å². The molecule has 176 valence electrons. The van der Waals surface area contributed by atoms with Gasteiger partial charge in [0.2, 0.25) is 0 Å². The molecule has 0 saturated heterocycles. The van der Waals surface area contributed by atoms with Crippen molar-refractivity contribution in [3.8, 4) is 17.8 Å². The van der Waals surface area contributed by atoms with E-state index in [1.54, 1.807) is 0 Å². The molecule has 0 radical (unpaired) electrons. The van der Waals surface area contributed by atoms with E-state index in [-0.39, 0.29) is 0 Å². The van der Waals surface area contributed by atoms with Crippen molar-refractivity contribution in [1.29, 1.82) is 0 Å². The Morgan fingerprint density at radius 3 is 2.06 bits per heavy atom. The van der Waals surface area contributed by atoms with Gasteiger partial charge in [0.25, 0.3) is 0 Å². The van der Waals surface area contributed by atoms with E-state index in [1.807, 2.05) is 0 Å². The van der Waals surface area contributed by atoms with E-state index in [0.717, 1.165) is 55.1 Å². The summed E-state index contributed by atoms with van der Waals surface area (Å²) in [5, 5.41) is 0. The summed E-state index contributed by atoms with van der Waals surface area (Å²) >= 11 is 0. The Hall–Kier alpha value is -1.62. The van der Waals surface area contributed by atoms with Gasteiger partial charge in [-0.25, -0.2) is 0 Å². The van der Waals surface area contributed by atoms with Gasteiger partial charge in [0.15, 0.2) is 0 Å². The maximum absolute atomic E-state index is 6.43. The van der Waals surface area contributed by atoms with E-state index in [9.17, 15) is 0 Å². The second-order valence-corrected chi connectivity index (χ2v) is 11.0. The Labute approximate surface area is 196 Å². The molecular formula is C30H44O2. The first-order valence-electron chi connectivity index (χ1n) is 13.6. The molecule has 2 nitrogen and oxygen atoms in total. The Morgan fingerprint density at radius 2 is 1.44 bits per heavy atom. The smallest absolute Gasteiger partial charge is 0.123 e. The fourth-order valence-electron chi connectivity index (χ4n) is 7.05. The fourth-order valence-corrected chi connectivity index (χ4v) is 7.05. The van der Waals surface area contributed by atoms with Gasteiger partial charge >= 0.3 is 0 Å². The van der Waals surface area contributed by atoms with E-state index >= 15 is 0 Å². The normalized spacial score (nSPS) is 27.8. The van der Waals surface area contributed by atoms with Gasteiger partial charge in [-0.2, -0.15) is 0 Å². The number of rotatable bonds is 12. The highest BCUT2D eigenvalue weighted by atomic mass is 16.5. The van der Waals surface area contributed by atoms with Crippen molar-refractivity contribution in [2.45, 2.75) is 109 Å². The second-order valence-electron chi connectivity index (χ2n) is 11.0. The molecule has 4 bridgehead atoms.